The maximum Gasteiger partial charge on any atom is 0.287 e. The molecule has 2 aromatic rings. The molecule has 5 nitrogen and oxygen atoms in total. The fourth-order valence-electron chi connectivity index (χ4n) is 4.21. The van der Waals surface area contributed by atoms with Crippen molar-refractivity contribution in [2.45, 2.75) is 31.8 Å². The summed E-state index contributed by atoms with van der Waals surface area (Å²) in [7, 11) is 1.88. The lowest BCUT2D eigenvalue weighted by molar-refractivity contribution is 0.0211. The molecule has 3 aliphatic rings. The molecular weight excluding hydrogens is 314 g/mol. The van der Waals surface area contributed by atoms with Crippen LogP contribution in [0.3, 0.4) is 0 Å². The molecule has 0 saturated carbocycles. The van der Waals surface area contributed by atoms with Crippen LogP contribution in [0.25, 0.3) is 11.3 Å². The normalized spacial score (nSPS) is 27.9. The van der Waals surface area contributed by atoms with Gasteiger partial charge in [0.25, 0.3) is 5.91 Å². The molecule has 3 fully saturated rings. The average Bonchev–Trinajstić information content (AvgIpc) is 3.15. The first-order chi connectivity index (χ1) is 12.2. The van der Waals surface area contributed by atoms with Crippen LogP contribution in [-0.4, -0.2) is 43.0 Å². The van der Waals surface area contributed by atoms with Gasteiger partial charge in [-0.25, -0.2) is 0 Å². The first-order valence-electron chi connectivity index (χ1n) is 9.08. The molecule has 0 radical (unpaired) electrons. The van der Waals surface area contributed by atoms with Crippen LogP contribution >= 0.6 is 0 Å². The number of piperidine rings is 3. The molecule has 3 aliphatic heterocycles. The van der Waals surface area contributed by atoms with E-state index in [-0.39, 0.29) is 11.9 Å². The van der Waals surface area contributed by atoms with Gasteiger partial charge in [0, 0.05) is 30.4 Å². The molecule has 0 aliphatic carbocycles. The monoisotopic (exact) mass is 339 g/mol. The third-order valence-electron chi connectivity index (χ3n) is 5.74. The van der Waals surface area contributed by atoms with E-state index in [0.29, 0.717) is 23.5 Å². The van der Waals surface area contributed by atoms with Crippen molar-refractivity contribution < 1.29 is 9.21 Å². The van der Waals surface area contributed by atoms with Gasteiger partial charge in [-0.2, -0.15) is 0 Å². The van der Waals surface area contributed by atoms with Gasteiger partial charge in [-0.3, -0.25) is 9.69 Å². The summed E-state index contributed by atoms with van der Waals surface area (Å²) in [4.78, 5) is 15.1. The maximum absolute atomic E-state index is 12.7. The zero-order valence-electron chi connectivity index (χ0n) is 14.8. The van der Waals surface area contributed by atoms with E-state index < -0.39 is 0 Å². The molecule has 0 spiro atoms. The lowest BCUT2D eigenvalue weighted by Gasteiger charge is -2.49. The van der Waals surface area contributed by atoms with Gasteiger partial charge in [0.2, 0.25) is 0 Å². The van der Waals surface area contributed by atoms with E-state index in [9.17, 15) is 4.79 Å². The number of amides is 1. The molecule has 2 N–H and O–H groups in total. The molecular formula is C20H25N3O2. The van der Waals surface area contributed by atoms with Crippen molar-refractivity contribution in [2.24, 2.45) is 5.92 Å². The van der Waals surface area contributed by atoms with Crippen molar-refractivity contribution in [3.63, 3.8) is 0 Å². The second-order valence-corrected chi connectivity index (χ2v) is 7.11. The Hall–Kier alpha value is -2.27. The maximum atomic E-state index is 12.7. The minimum Gasteiger partial charge on any atom is -0.451 e. The van der Waals surface area contributed by atoms with Crippen LogP contribution < -0.4 is 10.6 Å². The Morgan fingerprint density at radius 3 is 2.72 bits per heavy atom. The summed E-state index contributed by atoms with van der Waals surface area (Å²) in [5.74, 6) is 1.57. The molecule has 25 heavy (non-hydrogen) atoms. The molecule has 4 heterocycles. The highest BCUT2D eigenvalue weighted by atomic mass is 16.3. The van der Waals surface area contributed by atoms with Gasteiger partial charge in [0.1, 0.15) is 5.76 Å². The summed E-state index contributed by atoms with van der Waals surface area (Å²) in [6, 6.07) is 12.2. The van der Waals surface area contributed by atoms with Crippen LogP contribution in [0.2, 0.25) is 0 Å². The summed E-state index contributed by atoms with van der Waals surface area (Å²) in [5.41, 5.74) is 1.98. The lowest BCUT2D eigenvalue weighted by atomic mass is 9.79. The van der Waals surface area contributed by atoms with Crippen LogP contribution in [0.5, 0.6) is 0 Å². The SMILES string of the molecule is CNc1cccc(-c2ccc(C(=O)N[C@@H]3C4CCN(CC4)[C@@H]3C)o2)c1. The van der Waals surface area contributed by atoms with E-state index in [1.54, 1.807) is 6.07 Å². The molecule has 5 heteroatoms. The second kappa shape index (κ2) is 6.56. The number of carbonyl (C=O) groups excluding carboxylic acids is 1. The van der Waals surface area contributed by atoms with Crippen molar-refractivity contribution >= 4 is 11.6 Å². The minimum absolute atomic E-state index is 0.110. The Balaban J connectivity index is 1.49. The van der Waals surface area contributed by atoms with E-state index in [1.165, 1.54) is 12.8 Å². The molecule has 1 amide bonds. The van der Waals surface area contributed by atoms with E-state index in [2.05, 4.69) is 22.5 Å². The highest BCUT2D eigenvalue weighted by molar-refractivity contribution is 5.92. The van der Waals surface area contributed by atoms with Crippen molar-refractivity contribution in [3.8, 4) is 11.3 Å². The zero-order chi connectivity index (χ0) is 17.4. The number of hydrogen-bond acceptors (Lipinski definition) is 4. The Morgan fingerprint density at radius 1 is 1.20 bits per heavy atom. The van der Waals surface area contributed by atoms with Crippen LogP contribution in [0, 0.1) is 5.92 Å². The average molecular weight is 339 g/mol. The molecule has 132 valence electrons. The number of anilines is 1. The first kappa shape index (κ1) is 16.2. The standard InChI is InChI=1S/C20H25N3O2/c1-13-19(14-8-10-23(13)11-9-14)22-20(24)18-7-6-17(25-18)15-4-3-5-16(12-15)21-2/h3-7,12-14,19,21H,8-11H2,1-2H3,(H,22,24)/t13-,19+/m1/s1. The van der Waals surface area contributed by atoms with Gasteiger partial charge in [-0.15, -0.1) is 0 Å². The Labute approximate surface area is 148 Å². The number of nitrogens with zero attached hydrogens (tertiary/aromatic N) is 1. The molecule has 2 atom stereocenters. The third kappa shape index (κ3) is 3.04. The van der Waals surface area contributed by atoms with Crippen molar-refractivity contribution in [2.75, 3.05) is 25.5 Å². The summed E-state index contributed by atoms with van der Waals surface area (Å²) in [6.07, 6.45) is 2.35. The molecule has 0 unspecified atom stereocenters. The largest absolute Gasteiger partial charge is 0.451 e. The Morgan fingerprint density at radius 2 is 2.00 bits per heavy atom. The Kier molecular flexibility index (Phi) is 4.25. The Bertz CT molecular complexity index is 760. The number of fused-ring (bicyclic) bond motifs is 3. The van der Waals surface area contributed by atoms with E-state index in [4.69, 9.17) is 4.42 Å². The predicted molar refractivity (Wildman–Crippen MR) is 98.7 cm³/mol. The van der Waals surface area contributed by atoms with Gasteiger partial charge < -0.3 is 15.1 Å². The number of rotatable bonds is 4. The van der Waals surface area contributed by atoms with Crippen LogP contribution in [0.1, 0.15) is 30.3 Å². The quantitative estimate of drug-likeness (QED) is 0.898. The van der Waals surface area contributed by atoms with Gasteiger partial charge in [-0.1, -0.05) is 12.1 Å². The van der Waals surface area contributed by atoms with Crippen LogP contribution in [-0.2, 0) is 0 Å². The number of carbonyl (C=O) groups is 1. The summed E-state index contributed by atoms with van der Waals surface area (Å²) in [5, 5.41) is 6.33. The van der Waals surface area contributed by atoms with Crippen molar-refractivity contribution in [3.05, 3.63) is 42.2 Å². The summed E-state index contributed by atoms with van der Waals surface area (Å²) >= 11 is 0. The molecule has 1 aromatic carbocycles. The second-order valence-electron chi connectivity index (χ2n) is 7.11. The molecule has 3 saturated heterocycles. The van der Waals surface area contributed by atoms with Crippen LogP contribution in [0.4, 0.5) is 5.69 Å². The minimum atomic E-state index is -0.110. The molecule has 5 rings (SSSR count). The van der Waals surface area contributed by atoms with Gasteiger partial charge in [-0.05, 0) is 63.0 Å². The van der Waals surface area contributed by atoms with E-state index in [1.807, 2.05) is 37.4 Å². The molecule has 2 bridgehead atoms. The zero-order valence-corrected chi connectivity index (χ0v) is 14.8. The lowest BCUT2D eigenvalue weighted by Crippen LogP contribution is -2.62. The van der Waals surface area contributed by atoms with E-state index in [0.717, 1.165) is 24.3 Å². The van der Waals surface area contributed by atoms with Gasteiger partial charge >= 0.3 is 0 Å². The first-order valence-corrected chi connectivity index (χ1v) is 9.08. The van der Waals surface area contributed by atoms with Crippen LogP contribution in [0.15, 0.2) is 40.8 Å². The number of benzene rings is 1. The van der Waals surface area contributed by atoms with Crippen molar-refractivity contribution in [1.82, 2.24) is 10.2 Å². The summed E-state index contributed by atoms with van der Waals surface area (Å²) < 4.78 is 5.83. The van der Waals surface area contributed by atoms with E-state index >= 15 is 0 Å². The van der Waals surface area contributed by atoms with Crippen molar-refractivity contribution in [1.29, 1.82) is 0 Å². The number of nitrogens with one attached hydrogen (secondary N) is 2. The van der Waals surface area contributed by atoms with Gasteiger partial charge in [0.15, 0.2) is 5.76 Å². The predicted octanol–water partition coefficient (Wildman–Crippen LogP) is 3.20. The third-order valence-corrected chi connectivity index (χ3v) is 5.74. The topological polar surface area (TPSA) is 57.5 Å². The number of furan rings is 1. The fourth-order valence-corrected chi connectivity index (χ4v) is 4.21. The van der Waals surface area contributed by atoms with Gasteiger partial charge in [0.05, 0.1) is 0 Å². The highest BCUT2D eigenvalue weighted by Crippen LogP contribution is 2.32. The summed E-state index contributed by atoms with van der Waals surface area (Å²) in [6.45, 7) is 4.53. The number of hydrogen-bond donors (Lipinski definition) is 2. The molecule has 1 aromatic heterocycles. The highest BCUT2D eigenvalue weighted by Gasteiger charge is 2.40. The smallest absolute Gasteiger partial charge is 0.287 e. The fraction of sp³-hybridized carbons (Fsp3) is 0.450.